The highest BCUT2D eigenvalue weighted by atomic mass is 19.1. The molecular weight excluding hydrogens is 385 g/mol. The lowest BCUT2D eigenvalue weighted by Crippen LogP contribution is -1.99. The van der Waals surface area contributed by atoms with Crippen LogP contribution < -0.4 is 0 Å². The maximum absolute atomic E-state index is 14.4. The number of methoxy groups -OCH3 is 1. The van der Waals surface area contributed by atoms with Gasteiger partial charge in [-0.15, -0.1) is 0 Å². The van der Waals surface area contributed by atoms with Gasteiger partial charge in [-0.3, -0.25) is 4.79 Å². The molecule has 2 rings (SSSR count). The molecule has 0 aromatic carbocycles. The highest BCUT2D eigenvalue weighted by Crippen LogP contribution is 2.25. The molecule has 0 aliphatic heterocycles. The first-order chi connectivity index (χ1) is 14.6. The molecular formula is C23H30FN3O3. The van der Waals surface area contributed by atoms with Gasteiger partial charge in [0.15, 0.2) is 0 Å². The molecule has 2 heterocycles. The number of aryl methyl sites for hydroxylation is 1. The average molecular weight is 416 g/mol. The Balaban J connectivity index is 1.85. The van der Waals surface area contributed by atoms with Gasteiger partial charge < -0.3 is 14.1 Å². The molecule has 0 spiro atoms. The van der Waals surface area contributed by atoms with Crippen LogP contribution in [-0.2, 0) is 11.2 Å². The number of ether oxygens (including phenoxy) is 1. The number of hydrogen-bond acceptors (Lipinski definition) is 5. The molecule has 0 bridgehead atoms. The summed E-state index contributed by atoms with van der Waals surface area (Å²) in [5, 5.41) is 0. The van der Waals surface area contributed by atoms with Gasteiger partial charge in [-0.05, 0) is 38.3 Å². The van der Waals surface area contributed by atoms with E-state index in [0.717, 1.165) is 44.3 Å². The minimum Gasteiger partial charge on any atom is -0.497 e. The molecule has 162 valence electrons. The number of hydrogen-bond donors (Lipinski definition) is 1. The number of allylic oxidation sites excluding steroid dienone is 5. The summed E-state index contributed by atoms with van der Waals surface area (Å²) in [5.74, 6) is 1.21. The Kier molecular flexibility index (Phi) is 9.77. The topological polar surface area (TPSA) is 81.0 Å². The zero-order valence-corrected chi connectivity index (χ0v) is 17.9. The molecule has 30 heavy (non-hydrogen) atoms. The van der Waals surface area contributed by atoms with Gasteiger partial charge in [-0.25, -0.2) is 14.4 Å². The predicted molar refractivity (Wildman–Crippen MR) is 114 cm³/mol. The minimum absolute atomic E-state index is 0.0615. The van der Waals surface area contributed by atoms with Gasteiger partial charge in [-0.2, -0.15) is 0 Å². The highest BCUT2D eigenvalue weighted by Gasteiger charge is 2.12. The van der Waals surface area contributed by atoms with Gasteiger partial charge in [0, 0.05) is 18.4 Å². The van der Waals surface area contributed by atoms with Crippen LogP contribution in [0.15, 0.2) is 52.9 Å². The summed E-state index contributed by atoms with van der Waals surface area (Å²) in [5.41, 5.74) is 1.04. The van der Waals surface area contributed by atoms with Gasteiger partial charge in [0.25, 0.3) is 5.89 Å². The van der Waals surface area contributed by atoms with Crippen molar-refractivity contribution < 1.29 is 18.3 Å². The van der Waals surface area contributed by atoms with Gasteiger partial charge in [0.2, 0.25) is 5.78 Å². The number of imidazole rings is 1. The number of oxazole rings is 1. The summed E-state index contributed by atoms with van der Waals surface area (Å²) in [4.78, 5) is 23.3. The summed E-state index contributed by atoms with van der Waals surface area (Å²) in [6.07, 6.45) is 15.2. The van der Waals surface area contributed by atoms with E-state index in [4.69, 9.17) is 9.15 Å². The molecule has 0 atom stereocenters. The Hall–Kier alpha value is -2.96. The molecule has 0 radical (unpaired) electrons. The van der Waals surface area contributed by atoms with Crippen LogP contribution in [0.1, 0.15) is 74.6 Å². The number of aromatic amines is 1. The number of aromatic nitrogens is 3. The highest BCUT2D eigenvalue weighted by molar-refractivity contribution is 5.91. The van der Waals surface area contributed by atoms with E-state index in [0.29, 0.717) is 23.4 Å². The third-order valence-corrected chi connectivity index (χ3v) is 4.60. The lowest BCUT2D eigenvalue weighted by Gasteiger charge is -2.06. The van der Waals surface area contributed by atoms with E-state index < -0.39 is 0 Å². The summed E-state index contributed by atoms with van der Waals surface area (Å²) in [6.45, 7) is 3.65. The molecule has 0 aliphatic rings. The number of carbonyl (C=O) groups excluding carboxylic acids is 1. The molecule has 2 aromatic heterocycles. The third-order valence-electron chi connectivity index (χ3n) is 4.60. The number of halogens is 1. The first-order valence-corrected chi connectivity index (χ1v) is 10.3. The maximum atomic E-state index is 14.4. The number of Topliss-reactive ketones (excluding diaryl/α,β-unsaturated/α-hetero) is 1. The van der Waals surface area contributed by atoms with Gasteiger partial charge in [0.1, 0.15) is 23.7 Å². The smallest absolute Gasteiger partial charge is 0.263 e. The van der Waals surface area contributed by atoms with Crippen LogP contribution in [-0.4, -0.2) is 27.8 Å². The summed E-state index contributed by atoms with van der Waals surface area (Å²) < 4.78 is 24.7. The van der Waals surface area contributed by atoms with E-state index in [2.05, 4.69) is 15.0 Å². The van der Waals surface area contributed by atoms with Crippen LogP contribution in [0.2, 0.25) is 0 Å². The monoisotopic (exact) mass is 415 g/mol. The third kappa shape index (κ3) is 7.13. The van der Waals surface area contributed by atoms with Crippen molar-refractivity contribution >= 4 is 11.4 Å². The standard InChI is InChI=1S/C23H30FN3O3/c1-4-10-17(29-3)15-18(19(24)5-2)20-16-26-22(27-20)12-9-7-6-8-11-21(28)23-25-13-14-30-23/h5,10,13-16H,4,6-9,11-12H2,1-3H3,(H,26,27)/b17-10-,18-15+,19-5+. The van der Waals surface area contributed by atoms with Crippen LogP contribution in [0, 0.1) is 0 Å². The molecule has 6 nitrogen and oxygen atoms in total. The van der Waals surface area contributed by atoms with E-state index in [1.807, 2.05) is 13.0 Å². The van der Waals surface area contributed by atoms with Gasteiger partial charge >= 0.3 is 0 Å². The number of nitrogens with one attached hydrogen (secondary N) is 1. The number of unbranched alkanes of at least 4 members (excludes halogenated alkanes) is 3. The molecule has 0 aliphatic carbocycles. The first kappa shape index (κ1) is 23.3. The number of ketones is 1. The predicted octanol–water partition coefficient (Wildman–Crippen LogP) is 5.97. The minimum atomic E-state index is -0.333. The van der Waals surface area contributed by atoms with Gasteiger partial charge in [-0.1, -0.05) is 25.8 Å². The second-order valence-corrected chi connectivity index (χ2v) is 6.83. The SMILES string of the molecule is C\C=C(F)/C(=C\C(=C\CC)OC)c1cnc(CCCCCCC(=O)c2ncco2)[nH]1. The molecule has 2 aromatic rings. The Bertz CT molecular complexity index is 879. The second-order valence-electron chi connectivity index (χ2n) is 6.83. The van der Waals surface area contributed by atoms with E-state index in [9.17, 15) is 9.18 Å². The van der Waals surface area contributed by atoms with Crippen LogP contribution in [0.4, 0.5) is 4.39 Å². The van der Waals surface area contributed by atoms with Crippen LogP contribution in [0.5, 0.6) is 0 Å². The van der Waals surface area contributed by atoms with Crippen molar-refractivity contribution in [1.82, 2.24) is 15.0 Å². The van der Waals surface area contributed by atoms with Crippen molar-refractivity contribution in [1.29, 1.82) is 0 Å². The van der Waals surface area contributed by atoms with E-state index >= 15 is 0 Å². The zero-order chi connectivity index (χ0) is 21.8. The number of carbonyl (C=O) groups is 1. The fourth-order valence-electron chi connectivity index (χ4n) is 3.00. The first-order valence-electron chi connectivity index (χ1n) is 10.3. The van der Waals surface area contributed by atoms with Crippen molar-refractivity contribution in [3.05, 3.63) is 65.9 Å². The number of nitrogens with zero attached hydrogens (tertiary/aromatic N) is 2. The van der Waals surface area contributed by atoms with E-state index in [1.54, 1.807) is 26.3 Å². The second kappa shape index (κ2) is 12.6. The zero-order valence-electron chi connectivity index (χ0n) is 17.9. The maximum Gasteiger partial charge on any atom is 0.263 e. The lowest BCUT2D eigenvalue weighted by molar-refractivity contribution is 0.0945. The molecule has 0 amide bonds. The van der Waals surface area contributed by atoms with Crippen molar-refractivity contribution in [2.45, 2.75) is 58.8 Å². The molecule has 0 saturated carbocycles. The van der Waals surface area contributed by atoms with Crippen LogP contribution in [0.3, 0.4) is 0 Å². The Morgan fingerprint density at radius 1 is 1.27 bits per heavy atom. The van der Waals surface area contributed by atoms with Gasteiger partial charge in [0.05, 0.1) is 25.2 Å². The lowest BCUT2D eigenvalue weighted by atomic mass is 10.1. The molecule has 1 N–H and O–H groups in total. The fraction of sp³-hybridized carbons (Fsp3) is 0.435. The van der Waals surface area contributed by atoms with Crippen molar-refractivity contribution in [2.75, 3.05) is 7.11 Å². The summed E-state index contributed by atoms with van der Waals surface area (Å²) >= 11 is 0. The summed E-state index contributed by atoms with van der Waals surface area (Å²) in [6, 6.07) is 0. The van der Waals surface area contributed by atoms with E-state index in [-0.39, 0.29) is 17.5 Å². The quantitative estimate of drug-likeness (QED) is 0.189. The number of H-pyrrole nitrogens is 1. The molecule has 0 unspecified atom stereocenters. The van der Waals surface area contributed by atoms with E-state index in [1.165, 1.54) is 18.5 Å². The largest absolute Gasteiger partial charge is 0.497 e. The Labute approximate surface area is 177 Å². The average Bonchev–Trinajstić information content (AvgIpc) is 3.45. The molecule has 0 fully saturated rings. The molecule has 7 heteroatoms. The Morgan fingerprint density at radius 3 is 2.73 bits per heavy atom. The number of rotatable bonds is 13. The molecule has 0 saturated heterocycles. The normalized spacial score (nSPS) is 13.0. The van der Waals surface area contributed by atoms with Crippen LogP contribution in [0.25, 0.3) is 5.57 Å². The van der Waals surface area contributed by atoms with Crippen molar-refractivity contribution in [3.8, 4) is 0 Å². The van der Waals surface area contributed by atoms with Crippen molar-refractivity contribution in [3.63, 3.8) is 0 Å². The summed E-state index contributed by atoms with van der Waals surface area (Å²) in [7, 11) is 1.57. The fourth-order valence-corrected chi connectivity index (χ4v) is 3.00. The van der Waals surface area contributed by atoms with Crippen LogP contribution >= 0.6 is 0 Å². The Morgan fingerprint density at radius 2 is 2.07 bits per heavy atom. The van der Waals surface area contributed by atoms with Crippen molar-refractivity contribution in [2.24, 2.45) is 0 Å².